The second-order valence-electron chi connectivity index (χ2n) is 5.55. The lowest BCUT2D eigenvalue weighted by molar-refractivity contribution is -0.143. The second kappa shape index (κ2) is 5.56. The zero-order valence-corrected chi connectivity index (χ0v) is 11.2. The number of nitrogens with two attached hydrogens (primary N) is 1. The first-order valence-corrected chi connectivity index (χ1v) is 6.67. The van der Waals surface area contributed by atoms with Gasteiger partial charge in [0.15, 0.2) is 5.96 Å². The Hall–Kier alpha value is -0.980. The number of hydrogen-bond donors (Lipinski definition) is 1. The molecule has 2 N–H and O–H groups in total. The molecule has 0 aromatic rings. The molecule has 1 aliphatic carbocycles. The summed E-state index contributed by atoms with van der Waals surface area (Å²) in [7, 11) is 1.92. The van der Waals surface area contributed by atoms with E-state index in [0.717, 1.165) is 19.3 Å². The molecule has 1 unspecified atom stereocenters. The van der Waals surface area contributed by atoms with E-state index in [2.05, 4.69) is 4.99 Å². The Kier molecular flexibility index (Phi) is 4.23. The molecule has 0 bridgehead atoms. The van der Waals surface area contributed by atoms with Gasteiger partial charge < -0.3 is 10.6 Å². The van der Waals surface area contributed by atoms with E-state index in [4.69, 9.17) is 5.73 Å². The van der Waals surface area contributed by atoms with Gasteiger partial charge in [-0.2, -0.15) is 13.2 Å². The summed E-state index contributed by atoms with van der Waals surface area (Å²) in [6, 6.07) is 0.508. The number of nitrogens with zero attached hydrogens (tertiary/aromatic N) is 3. The fraction of sp³-hybridized carbons (Fsp3) is 0.917. The number of alkyl halides is 3. The molecule has 2 aliphatic rings. The Labute approximate surface area is 111 Å². The van der Waals surface area contributed by atoms with Crippen LogP contribution < -0.4 is 5.73 Å². The van der Waals surface area contributed by atoms with E-state index in [1.165, 1.54) is 4.90 Å². The monoisotopic (exact) mass is 278 g/mol. The minimum Gasteiger partial charge on any atom is -0.370 e. The number of rotatable bonds is 4. The van der Waals surface area contributed by atoms with E-state index >= 15 is 0 Å². The third-order valence-electron chi connectivity index (χ3n) is 3.74. The summed E-state index contributed by atoms with van der Waals surface area (Å²) in [6.07, 6.45) is -1.05. The summed E-state index contributed by atoms with van der Waals surface area (Å²) in [6.45, 7) is 0.670. The van der Waals surface area contributed by atoms with E-state index in [1.54, 1.807) is 0 Å². The van der Waals surface area contributed by atoms with Gasteiger partial charge in [-0.3, -0.25) is 9.89 Å². The summed E-state index contributed by atoms with van der Waals surface area (Å²) in [4.78, 5) is 7.72. The van der Waals surface area contributed by atoms with Crippen molar-refractivity contribution in [2.24, 2.45) is 16.6 Å². The van der Waals surface area contributed by atoms with Crippen LogP contribution in [0.15, 0.2) is 4.99 Å². The Morgan fingerprint density at radius 3 is 2.63 bits per heavy atom. The van der Waals surface area contributed by atoms with Gasteiger partial charge in [-0.25, -0.2) is 0 Å². The first-order chi connectivity index (χ1) is 8.85. The number of likely N-dealkylation sites (tertiary alicyclic amines) is 1. The van der Waals surface area contributed by atoms with Gasteiger partial charge >= 0.3 is 6.18 Å². The average Bonchev–Trinajstić information content (AvgIpc) is 3.06. The Balaban J connectivity index is 1.74. The van der Waals surface area contributed by atoms with Gasteiger partial charge in [0.05, 0.1) is 6.54 Å². The minimum atomic E-state index is -4.11. The highest BCUT2D eigenvalue weighted by Gasteiger charge is 2.34. The topological polar surface area (TPSA) is 44.9 Å². The molecule has 0 aromatic heterocycles. The summed E-state index contributed by atoms with van der Waals surface area (Å²) in [5, 5.41) is 0. The molecular formula is C12H21F3N4. The van der Waals surface area contributed by atoms with Gasteiger partial charge in [0.25, 0.3) is 0 Å². The first-order valence-electron chi connectivity index (χ1n) is 6.67. The Morgan fingerprint density at radius 2 is 2.05 bits per heavy atom. The van der Waals surface area contributed by atoms with E-state index in [1.807, 2.05) is 11.9 Å². The molecule has 4 nitrogen and oxygen atoms in total. The van der Waals surface area contributed by atoms with Crippen molar-refractivity contribution < 1.29 is 13.2 Å². The fourth-order valence-corrected chi connectivity index (χ4v) is 2.44. The van der Waals surface area contributed by atoms with E-state index < -0.39 is 12.7 Å². The lowest BCUT2D eigenvalue weighted by atomic mass is 10.1. The van der Waals surface area contributed by atoms with Crippen LogP contribution in [0.1, 0.15) is 19.3 Å². The number of aliphatic imine (C=N–C) groups is 1. The third kappa shape index (κ3) is 4.56. The van der Waals surface area contributed by atoms with Crippen LogP contribution in [-0.2, 0) is 0 Å². The van der Waals surface area contributed by atoms with Crippen molar-refractivity contribution in [1.29, 1.82) is 0 Å². The SMILES string of the molecule is CN(C(N)=NCC1CCN(CC(F)(F)F)C1)C1CC1. The molecule has 19 heavy (non-hydrogen) atoms. The third-order valence-corrected chi connectivity index (χ3v) is 3.74. The van der Waals surface area contributed by atoms with Crippen molar-refractivity contribution in [3.8, 4) is 0 Å². The summed E-state index contributed by atoms with van der Waals surface area (Å²) >= 11 is 0. The zero-order chi connectivity index (χ0) is 14.0. The van der Waals surface area contributed by atoms with Crippen LogP contribution in [-0.4, -0.2) is 61.2 Å². The predicted molar refractivity (Wildman–Crippen MR) is 67.9 cm³/mol. The molecule has 7 heteroatoms. The lowest BCUT2D eigenvalue weighted by Gasteiger charge is -2.19. The highest BCUT2D eigenvalue weighted by Crippen LogP contribution is 2.25. The van der Waals surface area contributed by atoms with Crippen molar-refractivity contribution in [3.63, 3.8) is 0 Å². The van der Waals surface area contributed by atoms with E-state index in [9.17, 15) is 13.2 Å². The van der Waals surface area contributed by atoms with E-state index in [0.29, 0.717) is 31.6 Å². The molecule has 110 valence electrons. The molecule has 1 aliphatic heterocycles. The maximum Gasteiger partial charge on any atom is 0.401 e. The number of guanidine groups is 1. The van der Waals surface area contributed by atoms with Gasteiger partial charge in [-0.1, -0.05) is 0 Å². The molecule has 1 atom stereocenters. The van der Waals surface area contributed by atoms with Crippen LogP contribution >= 0.6 is 0 Å². The maximum atomic E-state index is 12.3. The molecule has 1 heterocycles. The highest BCUT2D eigenvalue weighted by molar-refractivity contribution is 5.78. The molecule has 1 saturated heterocycles. The van der Waals surface area contributed by atoms with Crippen LogP contribution in [0.25, 0.3) is 0 Å². The number of halogens is 3. The van der Waals surface area contributed by atoms with Gasteiger partial charge in [-0.05, 0) is 31.7 Å². The molecule has 0 aromatic carbocycles. The first kappa shape index (κ1) is 14.4. The van der Waals surface area contributed by atoms with Gasteiger partial charge in [0.1, 0.15) is 0 Å². The average molecular weight is 278 g/mol. The van der Waals surface area contributed by atoms with E-state index in [-0.39, 0.29) is 5.92 Å². The van der Waals surface area contributed by atoms with Gasteiger partial charge in [0, 0.05) is 26.2 Å². The molecule has 0 radical (unpaired) electrons. The molecular weight excluding hydrogens is 257 g/mol. The van der Waals surface area contributed by atoms with Crippen LogP contribution in [0.2, 0.25) is 0 Å². The Morgan fingerprint density at radius 1 is 1.37 bits per heavy atom. The smallest absolute Gasteiger partial charge is 0.370 e. The van der Waals surface area contributed by atoms with Crippen molar-refractivity contribution in [1.82, 2.24) is 9.80 Å². The van der Waals surface area contributed by atoms with Crippen molar-refractivity contribution in [2.75, 3.05) is 33.2 Å². The second-order valence-corrected chi connectivity index (χ2v) is 5.55. The summed E-state index contributed by atoms with van der Waals surface area (Å²) in [5.74, 6) is 0.699. The maximum absolute atomic E-state index is 12.3. The minimum absolute atomic E-state index is 0.188. The van der Waals surface area contributed by atoms with Crippen LogP contribution in [0.3, 0.4) is 0 Å². The van der Waals surface area contributed by atoms with Gasteiger partial charge in [-0.15, -0.1) is 0 Å². The standard InChI is InChI=1S/C12H21F3N4/c1-18(10-2-3-10)11(16)17-6-9-4-5-19(7-9)8-12(13,14)15/h9-10H,2-8H2,1H3,(H2,16,17). The molecule has 0 spiro atoms. The molecule has 2 rings (SSSR count). The largest absolute Gasteiger partial charge is 0.401 e. The molecule has 0 amide bonds. The quantitative estimate of drug-likeness (QED) is 0.622. The normalized spacial score (nSPS) is 25.9. The fourth-order valence-electron chi connectivity index (χ4n) is 2.44. The summed E-state index contributed by atoms with van der Waals surface area (Å²) < 4.78 is 36.8. The van der Waals surface area contributed by atoms with Crippen LogP contribution in [0.4, 0.5) is 13.2 Å². The molecule has 1 saturated carbocycles. The van der Waals surface area contributed by atoms with Crippen molar-refractivity contribution >= 4 is 5.96 Å². The lowest BCUT2D eigenvalue weighted by Crippen LogP contribution is -2.36. The highest BCUT2D eigenvalue weighted by atomic mass is 19.4. The van der Waals surface area contributed by atoms with Crippen molar-refractivity contribution in [2.45, 2.75) is 31.5 Å². The van der Waals surface area contributed by atoms with Crippen LogP contribution in [0.5, 0.6) is 0 Å². The van der Waals surface area contributed by atoms with Crippen molar-refractivity contribution in [3.05, 3.63) is 0 Å². The Bertz CT molecular complexity index is 338. The van der Waals surface area contributed by atoms with Gasteiger partial charge in [0.2, 0.25) is 0 Å². The number of hydrogen-bond acceptors (Lipinski definition) is 2. The predicted octanol–water partition coefficient (Wildman–Crippen LogP) is 1.28. The zero-order valence-electron chi connectivity index (χ0n) is 11.2. The van der Waals surface area contributed by atoms with Crippen LogP contribution in [0, 0.1) is 5.92 Å². The summed E-state index contributed by atoms with van der Waals surface area (Å²) in [5.41, 5.74) is 5.85. The molecule has 2 fully saturated rings.